The first-order valence-electron chi connectivity index (χ1n) is 4.14. The number of nitriles is 1. The Morgan fingerprint density at radius 1 is 1.69 bits per heavy atom. The monoisotopic (exact) mass is 203 g/mol. The van der Waals surface area contributed by atoms with Crippen LogP contribution >= 0.6 is 0 Å². The van der Waals surface area contributed by atoms with E-state index in [-0.39, 0.29) is 12.4 Å². The number of sulfone groups is 1. The van der Waals surface area contributed by atoms with Crippen LogP contribution in [0.4, 0.5) is 0 Å². The highest BCUT2D eigenvalue weighted by Gasteiger charge is 2.61. The van der Waals surface area contributed by atoms with E-state index < -0.39 is 20.5 Å². The molecule has 0 unspecified atom stereocenters. The molecule has 0 aromatic rings. The average molecular weight is 203 g/mol. The number of methoxy groups -OCH3 is 1. The highest BCUT2D eigenvalue weighted by Crippen LogP contribution is 2.50. The van der Waals surface area contributed by atoms with Crippen molar-refractivity contribution in [3.05, 3.63) is 0 Å². The number of hydrogen-bond donors (Lipinski definition) is 0. The molecular formula is C8H13NO3S. The van der Waals surface area contributed by atoms with E-state index in [1.165, 1.54) is 7.11 Å². The molecule has 0 heterocycles. The maximum atomic E-state index is 11.4. The molecule has 74 valence electrons. The molecule has 1 fully saturated rings. The van der Waals surface area contributed by atoms with E-state index in [0.29, 0.717) is 6.42 Å². The molecule has 0 aliphatic heterocycles. The van der Waals surface area contributed by atoms with Crippen LogP contribution in [0.5, 0.6) is 0 Å². The summed E-state index contributed by atoms with van der Waals surface area (Å²) < 4.78 is 27.7. The Labute approximate surface area is 78.4 Å². The van der Waals surface area contributed by atoms with Gasteiger partial charge < -0.3 is 4.74 Å². The van der Waals surface area contributed by atoms with E-state index in [2.05, 4.69) is 0 Å². The Bertz CT molecular complexity index is 330. The molecule has 1 aliphatic carbocycles. The van der Waals surface area contributed by atoms with Crippen molar-refractivity contribution in [1.82, 2.24) is 0 Å². The van der Waals surface area contributed by atoms with E-state index >= 15 is 0 Å². The van der Waals surface area contributed by atoms with Crippen LogP contribution in [-0.4, -0.2) is 33.1 Å². The van der Waals surface area contributed by atoms with Crippen molar-refractivity contribution in [3.8, 4) is 6.07 Å². The topological polar surface area (TPSA) is 67.2 Å². The molecule has 13 heavy (non-hydrogen) atoms. The van der Waals surface area contributed by atoms with Gasteiger partial charge in [-0.05, 0) is 6.42 Å². The van der Waals surface area contributed by atoms with E-state index in [1.54, 1.807) is 6.92 Å². The van der Waals surface area contributed by atoms with Crippen molar-refractivity contribution >= 4 is 9.84 Å². The molecule has 0 amide bonds. The average Bonchev–Trinajstić information content (AvgIpc) is 2.82. The summed E-state index contributed by atoms with van der Waals surface area (Å²) in [4.78, 5) is 0. The summed E-state index contributed by atoms with van der Waals surface area (Å²) in [7, 11) is -1.59. The van der Waals surface area contributed by atoms with Gasteiger partial charge in [0.05, 0.1) is 23.3 Å². The highest BCUT2D eigenvalue weighted by molar-refractivity contribution is 7.92. The summed E-state index contributed by atoms with van der Waals surface area (Å²) >= 11 is 0. The lowest BCUT2D eigenvalue weighted by atomic mass is 10.1. The van der Waals surface area contributed by atoms with Crippen LogP contribution in [0, 0.1) is 16.7 Å². The summed E-state index contributed by atoms with van der Waals surface area (Å²) in [6.07, 6.45) is 0.424. The Morgan fingerprint density at radius 2 is 2.31 bits per heavy atom. The van der Waals surface area contributed by atoms with Crippen LogP contribution in [0.1, 0.15) is 13.3 Å². The molecule has 0 spiro atoms. The standard InChI is InChI=1S/C8H13NO3S/c1-3-13(10,11)7-4-8(7,5-9)6-12-2/h7H,3-4,6H2,1-2H3/t7-,8-/m0/s1. The minimum atomic E-state index is -3.07. The van der Waals surface area contributed by atoms with Crippen LogP contribution in [0.3, 0.4) is 0 Å². The summed E-state index contributed by atoms with van der Waals surface area (Å²) in [5.41, 5.74) is -0.760. The van der Waals surface area contributed by atoms with Crippen LogP contribution in [0.25, 0.3) is 0 Å². The maximum absolute atomic E-state index is 11.4. The van der Waals surface area contributed by atoms with Gasteiger partial charge in [0.15, 0.2) is 9.84 Å². The molecular weight excluding hydrogens is 190 g/mol. The number of hydrogen-bond acceptors (Lipinski definition) is 4. The number of nitrogens with zero attached hydrogens (tertiary/aromatic N) is 1. The second-order valence-corrected chi connectivity index (χ2v) is 5.82. The Kier molecular flexibility index (Phi) is 2.64. The molecule has 2 atom stereocenters. The first-order chi connectivity index (χ1) is 6.02. The molecule has 1 aliphatic rings. The van der Waals surface area contributed by atoms with Gasteiger partial charge in [0.2, 0.25) is 0 Å². The van der Waals surface area contributed by atoms with Crippen molar-refractivity contribution in [2.75, 3.05) is 19.5 Å². The zero-order chi connectivity index (χ0) is 10.1. The first-order valence-corrected chi connectivity index (χ1v) is 5.85. The Hall–Kier alpha value is -0.600. The van der Waals surface area contributed by atoms with Crippen molar-refractivity contribution in [2.45, 2.75) is 18.6 Å². The van der Waals surface area contributed by atoms with Gasteiger partial charge in [0, 0.05) is 12.9 Å². The fourth-order valence-corrected chi connectivity index (χ4v) is 3.27. The third-order valence-corrected chi connectivity index (χ3v) is 4.76. The number of ether oxygens (including phenoxy) is 1. The van der Waals surface area contributed by atoms with Crippen molar-refractivity contribution in [2.24, 2.45) is 5.41 Å². The second-order valence-electron chi connectivity index (χ2n) is 3.35. The van der Waals surface area contributed by atoms with Gasteiger partial charge in [-0.2, -0.15) is 5.26 Å². The summed E-state index contributed by atoms with van der Waals surface area (Å²) in [6, 6.07) is 2.04. The van der Waals surface area contributed by atoms with Gasteiger partial charge in [-0.25, -0.2) is 8.42 Å². The molecule has 0 saturated heterocycles. The molecule has 1 saturated carbocycles. The van der Waals surface area contributed by atoms with Crippen LogP contribution in [-0.2, 0) is 14.6 Å². The normalized spacial score (nSPS) is 32.5. The van der Waals surface area contributed by atoms with Crippen molar-refractivity contribution in [3.63, 3.8) is 0 Å². The molecule has 0 aromatic carbocycles. The van der Waals surface area contributed by atoms with Gasteiger partial charge >= 0.3 is 0 Å². The van der Waals surface area contributed by atoms with E-state index in [0.717, 1.165) is 0 Å². The SMILES string of the molecule is CCS(=O)(=O)[C@H]1C[C@]1(C#N)COC. The highest BCUT2D eigenvalue weighted by atomic mass is 32.2. The zero-order valence-electron chi connectivity index (χ0n) is 7.78. The molecule has 0 aromatic heterocycles. The van der Waals surface area contributed by atoms with Crippen molar-refractivity contribution < 1.29 is 13.2 Å². The summed E-state index contributed by atoms with van der Waals surface area (Å²) in [6.45, 7) is 1.82. The minimum Gasteiger partial charge on any atom is -0.383 e. The predicted molar refractivity (Wildman–Crippen MR) is 47.8 cm³/mol. The van der Waals surface area contributed by atoms with E-state index in [9.17, 15) is 8.42 Å². The molecule has 5 heteroatoms. The van der Waals surface area contributed by atoms with Gasteiger partial charge in [-0.3, -0.25) is 0 Å². The lowest BCUT2D eigenvalue weighted by Crippen LogP contribution is -2.20. The Morgan fingerprint density at radius 3 is 2.69 bits per heavy atom. The third-order valence-electron chi connectivity index (χ3n) is 2.47. The van der Waals surface area contributed by atoms with Crippen LogP contribution < -0.4 is 0 Å². The lowest BCUT2D eigenvalue weighted by Gasteiger charge is -2.06. The minimum absolute atomic E-state index is 0.102. The predicted octanol–water partition coefficient (Wildman–Crippen LogP) is 0.350. The molecule has 0 radical (unpaired) electrons. The molecule has 1 rings (SSSR count). The van der Waals surface area contributed by atoms with Gasteiger partial charge in [-0.1, -0.05) is 6.92 Å². The van der Waals surface area contributed by atoms with Crippen molar-refractivity contribution in [1.29, 1.82) is 5.26 Å². The fourth-order valence-electron chi connectivity index (χ4n) is 1.50. The fraction of sp³-hybridized carbons (Fsp3) is 0.875. The summed E-state index contributed by atoms with van der Waals surface area (Å²) in [5.74, 6) is 0.102. The smallest absolute Gasteiger partial charge is 0.154 e. The van der Waals surface area contributed by atoms with Gasteiger partial charge in [-0.15, -0.1) is 0 Å². The molecule has 0 bridgehead atoms. The third kappa shape index (κ3) is 1.69. The second kappa shape index (κ2) is 3.28. The largest absolute Gasteiger partial charge is 0.383 e. The first kappa shape index (κ1) is 10.5. The van der Waals surface area contributed by atoms with Gasteiger partial charge in [0.25, 0.3) is 0 Å². The lowest BCUT2D eigenvalue weighted by molar-refractivity contribution is 0.164. The Balaban J connectivity index is 2.78. The van der Waals surface area contributed by atoms with Crippen LogP contribution in [0.15, 0.2) is 0 Å². The summed E-state index contributed by atoms with van der Waals surface area (Å²) in [5, 5.41) is 8.32. The molecule has 0 N–H and O–H groups in total. The van der Waals surface area contributed by atoms with Crippen LogP contribution in [0.2, 0.25) is 0 Å². The quantitative estimate of drug-likeness (QED) is 0.661. The van der Waals surface area contributed by atoms with Gasteiger partial charge in [0.1, 0.15) is 0 Å². The van der Waals surface area contributed by atoms with E-state index in [1.807, 2.05) is 6.07 Å². The molecule has 4 nitrogen and oxygen atoms in total. The van der Waals surface area contributed by atoms with E-state index in [4.69, 9.17) is 10.00 Å². The number of rotatable bonds is 4. The maximum Gasteiger partial charge on any atom is 0.154 e. The zero-order valence-corrected chi connectivity index (χ0v) is 8.60.